The average Bonchev–Trinajstić information content (AvgIpc) is 2.00. The Morgan fingerprint density at radius 2 is 2.18 bits per heavy atom. The van der Waals surface area contributed by atoms with Gasteiger partial charge in [0.15, 0.2) is 0 Å². The molecule has 0 fully saturated rings. The van der Waals surface area contributed by atoms with Gasteiger partial charge in [-0.05, 0) is 12.7 Å². The van der Waals surface area contributed by atoms with Gasteiger partial charge in [0.25, 0.3) is 0 Å². The smallest absolute Gasteiger partial charge is 0.352 e. The Morgan fingerprint density at radius 1 is 1.55 bits per heavy atom. The van der Waals surface area contributed by atoms with E-state index in [0.29, 0.717) is 12.4 Å². The number of nitrogens with one attached hydrogen (secondary N) is 1. The van der Waals surface area contributed by atoms with Gasteiger partial charge in [-0.2, -0.15) is 11.8 Å². The Bertz CT molecular complexity index is 147. The quantitative estimate of drug-likeness (QED) is 0.506. The van der Waals surface area contributed by atoms with Crippen molar-refractivity contribution in [1.29, 1.82) is 5.41 Å². The van der Waals surface area contributed by atoms with Gasteiger partial charge in [-0.1, -0.05) is 6.92 Å². The summed E-state index contributed by atoms with van der Waals surface area (Å²) in [6, 6.07) is 0. The van der Waals surface area contributed by atoms with E-state index in [2.05, 4.69) is 4.74 Å². The number of thioether (sulfide) groups is 1. The van der Waals surface area contributed by atoms with E-state index in [0.717, 1.165) is 5.75 Å². The highest BCUT2D eigenvalue weighted by atomic mass is 32.2. The van der Waals surface area contributed by atoms with E-state index < -0.39 is 5.97 Å². The summed E-state index contributed by atoms with van der Waals surface area (Å²) in [6.45, 7) is 4.07. The number of esters is 1. The van der Waals surface area contributed by atoms with Crippen LogP contribution in [0.5, 0.6) is 0 Å². The van der Waals surface area contributed by atoms with E-state index in [1.807, 2.05) is 6.92 Å². The first-order valence-electron chi connectivity index (χ1n) is 3.54. The van der Waals surface area contributed by atoms with Crippen LogP contribution in [-0.4, -0.2) is 29.8 Å². The van der Waals surface area contributed by atoms with Crippen LogP contribution in [0.15, 0.2) is 0 Å². The molecule has 0 aliphatic carbocycles. The molecule has 3 nitrogen and oxygen atoms in total. The van der Waals surface area contributed by atoms with Crippen LogP contribution in [0.4, 0.5) is 0 Å². The van der Waals surface area contributed by atoms with Gasteiger partial charge >= 0.3 is 5.97 Å². The largest absolute Gasteiger partial charge is 0.462 e. The van der Waals surface area contributed by atoms with E-state index in [4.69, 9.17) is 5.41 Å². The molecule has 0 radical (unpaired) electrons. The molecule has 0 saturated heterocycles. The van der Waals surface area contributed by atoms with Gasteiger partial charge in [0, 0.05) is 5.75 Å². The number of hydrogen-bond acceptors (Lipinski definition) is 4. The topological polar surface area (TPSA) is 50.2 Å². The lowest BCUT2D eigenvalue weighted by Crippen LogP contribution is -2.18. The third-order valence-corrected chi connectivity index (χ3v) is 1.87. The van der Waals surface area contributed by atoms with Crippen LogP contribution in [-0.2, 0) is 9.53 Å². The summed E-state index contributed by atoms with van der Waals surface area (Å²) >= 11 is 1.55. The van der Waals surface area contributed by atoms with Crippen molar-refractivity contribution in [3.63, 3.8) is 0 Å². The number of carbonyl (C=O) groups is 1. The predicted molar refractivity (Wildman–Crippen MR) is 47.4 cm³/mol. The van der Waals surface area contributed by atoms with E-state index >= 15 is 0 Å². The molecule has 0 rings (SSSR count). The third-order valence-electron chi connectivity index (χ3n) is 0.972. The molecule has 0 saturated carbocycles. The SMILES string of the molecule is CCOC(=O)C(=N)CSCC. The minimum Gasteiger partial charge on any atom is -0.462 e. The summed E-state index contributed by atoms with van der Waals surface area (Å²) in [5.41, 5.74) is 0.0544. The maximum absolute atomic E-state index is 10.8. The van der Waals surface area contributed by atoms with Gasteiger partial charge in [-0.3, -0.25) is 5.41 Å². The first kappa shape index (κ1) is 10.5. The second-order valence-electron chi connectivity index (χ2n) is 1.84. The summed E-state index contributed by atoms with van der Waals surface area (Å²) < 4.78 is 4.62. The average molecular weight is 175 g/mol. The molecule has 0 aromatic heterocycles. The monoisotopic (exact) mass is 175 g/mol. The Morgan fingerprint density at radius 3 is 2.64 bits per heavy atom. The van der Waals surface area contributed by atoms with Gasteiger partial charge in [0.1, 0.15) is 5.71 Å². The van der Waals surface area contributed by atoms with Crippen molar-refractivity contribution in [2.24, 2.45) is 0 Å². The molecule has 0 heterocycles. The number of carbonyl (C=O) groups excluding carboxylic acids is 1. The molecule has 0 aromatic carbocycles. The van der Waals surface area contributed by atoms with E-state index in [9.17, 15) is 4.79 Å². The summed E-state index contributed by atoms with van der Waals surface area (Å²) in [4.78, 5) is 10.8. The maximum atomic E-state index is 10.8. The lowest BCUT2D eigenvalue weighted by Gasteiger charge is -2.01. The lowest BCUT2D eigenvalue weighted by atomic mass is 10.4. The van der Waals surface area contributed by atoms with Gasteiger partial charge in [0.2, 0.25) is 0 Å². The molecule has 11 heavy (non-hydrogen) atoms. The summed E-state index contributed by atoms with van der Waals surface area (Å²) in [6.07, 6.45) is 0. The zero-order chi connectivity index (χ0) is 8.69. The summed E-state index contributed by atoms with van der Waals surface area (Å²) in [5.74, 6) is 0.880. The molecule has 0 bridgehead atoms. The summed E-state index contributed by atoms with van der Waals surface area (Å²) in [7, 11) is 0. The molecule has 0 amide bonds. The molecule has 0 unspecified atom stereocenters. The minimum atomic E-state index is -0.492. The van der Waals surface area contributed by atoms with Gasteiger partial charge in [-0.15, -0.1) is 0 Å². The lowest BCUT2D eigenvalue weighted by molar-refractivity contribution is -0.135. The summed E-state index contributed by atoms with van der Waals surface area (Å²) in [5, 5.41) is 7.21. The number of hydrogen-bond donors (Lipinski definition) is 1. The first-order valence-corrected chi connectivity index (χ1v) is 4.70. The molecule has 4 heteroatoms. The first-order chi connectivity index (χ1) is 5.22. The molecule has 1 N–H and O–H groups in total. The van der Waals surface area contributed by atoms with Crippen LogP contribution < -0.4 is 0 Å². The van der Waals surface area contributed by atoms with Crippen molar-refractivity contribution >= 4 is 23.4 Å². The molecule has 0 spiro atoms. The highest BCUT2D eigenvalue weighted by Crippen LogP contribution is 1.99. The molecule has 0 aromatic rings. The fraction of sp³-hybridized carbons (Fsp3) is 0.714. The Hall–Kier alpha value is -0.510. The van der Waals surface area contributed by atoms with Crippen molar-refractivity contribution in [3.05, 3.63) is 0 Å². The normalized spacial score (nSPS) is 9.27. The number of ether oxygens (including phenoxy) is 1. The number of rotatable bonds is 5. The van der Waals surface area contributed by atoms with Crippen LogP contribution >= 0.6 is 11.8 Å². The van der Waals surface area contributed by atoms with Crippen molar-refractivity contribution in [3.8, 4) is 0 Å². The van der Waals surface area contributed by atoms with E-state index in [1.54, 1.807) is 18.7 Å². The van der Waals surface area contributed by atoms with Crippen LogP contribution in [0.3, 0.4) is 0 Å². The molecule has 0 aliphatic heterocycles. The highest BCUT2D eigenvalue weighted by Gasteiger charge is 2.08. The molecule has 0 atom stereocenters. The Balaban J connectivity index is 3.56. The minimum absolute atomic E-state index is 0.0544. The van der Waals surface area contributed by atoms with Gasteiger partial charge in [0.05, 0.1) is 6.61 Å². The second kappa shape index (κ2) is 6.22. The molecule has 64 valence electrons. The molecule has 0 aliphatic rings. The Kier molecular flexibility index (Phi) is 5.93. The zero-order valence-electron chi connectivity index (χ0n) is 6.85. The molecular formula is C7H13NO2S. The standard InChI is InChI=1S/C7H13NO2S/c1-3-10-7(9)6(8)5-11-4-2/h8H,3-5H2,1-2H3. The van der Waals surface area contributed by atoms with Crippen molar-refractivity contribution in [1.82, 2.24) is 0 Å². The third kappa shape index (κ3) is 4.84. The second-order valence-corrected chi connectivity index (χ2v) is 3.11. The highest BCUT2D eigenvalue weighted by molar-refractivity contribution is 8.00. The fourth-order valence-corrected chi connectivity index (χ4v) is 1.01. The van der Waals surface area contributed by atoms with E-state index in [1.165, 1.54) is 0 Å². The van der Waals surface area contributed by atoms with Crippen molar-refractivity contribution in [2.45, 2.75) is 13.8 Å². The van der Waals surface area contributed by atoms with Gasteiger partial charge < -0.3 is 4.74 Å². The van der Waals surface area contributed by atoms with Crippen LogP contribution in [0.1, 0.15) is 13.8 Å². The van der Waals surface area contributed by atoms with E-state index in [-0.39, 0.29) is 5.71 Å². The Labute approximate surface area is 71.0 Å². The fourth-order valence-electron chi connectivity index (χ4n) is 0.481. The van der Waals surface area contributed by atoms with Gasteiger partial charge in [-0.25, -0.2) is 4.79 Å². The zero-order valence-corrected chi connectivity index (χ0v) is 7.66. The van der Waals surface area contributed by atoms with Crippen molar-refractivity contribution < 1.29 is 9.53 Å². The molecular weight excluding hydrogens is 162 g/mol. The maximum Gasteiger partial charge on any atom is 0.352 e. The van der Waals surface area contributed by atoms with Crippen LogP contribution in [0, 0.1) is 5.41 Å². The predicted octanol–water partition coefficient (Wildman–Crippen LogP) is 1.32. The van der Waals surface area contributed by atoms with Crippen LogP contribution in [0.25, 0.3) is 0 Å². The van der Waals surface area contributed by atoms with Crippen LogP contribution in [0.2, 0.25) is 0 Å². The van der Waals surface area contributed by atoms with Crippen molar-refractivity contribution in [2.75, 3.05) is 18.1 Å².